The summed E-state index contributed by atoms with van der Waals surface area (Å²) < 4.78 is 41.8. The highest BCUT2D eigenvalue weighted by molar-refractivity contribution is 6.42. The Hall–Kier alpha value is -3.18. The number of anilines is 1. The van der Waals surface area contributed by atoms with Crippen molar-refractivity contribution < 1.29 is 18.0 Å². The number of alkyl halides is 3. The smallest absolute Gasteiger partial charge is 0.288 e. The second-order valence-corrected chi connectivity index (χ2v) is 7.36. The number of aromatic nitrogens is 6. The van der Waals surface area contributed by atoms with E-state index in [9.17, 15) is 18.0 Å². The van der Waals surface area contributed by atoms with Gasteiger partial charge in [-0.15, -0.1) is 5.10 Å². The van der Waals surface area contributed by atoms with E-state index >= 15 is 0 Å². The van der Waals surface area contributed by atoms with Crippen molar-refractivity contribution in [3.8, 4) is 0 Å². The highest BCUT2D eigenvalue weighted by atomic mass is 35.5. The van der Waals surface area contributed by atoms with Crippen LogP contribution in [0.1, 0.15) is 27.4 Å². The zero-order chi connectivity index (χ0) is 22.3. The van der Waals surface area contributed by atoms with E-state index in [1.165, 1.54) is 17.9 Å². The Morgan fingerprint density at radius 3 is 2.61 bits per heavy atom. The molecule has 0 unspecified atom stereocenters. The third kappa shape index (κ3) is 4.47. The molecular formula is C18H12Cl2F3N7O. The van der Waals surface area contributed by atoms with Gasteiger partial charge in [-0.25, -0.2) is 19.2 Å². The minimum absolute atomic E-state index is 0.0395. The first kappa shape index (κ1) is 21.1. The number of aryl methyl sites for hydroxylation is 1. The van der Waals surface area contributed by atoms with Gasteiger partial charge in [-0.05, 0) is 30.7 Å². The lowest BCUT2D eigenvalue weighted by atomic mass is 10.2. The molecule has 13 heteroatoms. The minimum Gasteiger partial charge on any atom is -0.288 e. The molecule has 1 aromatic carbocycles. The van der Waals surface area contributed by atoms with Gasteiger partial charge >= 0.3 is 6.18 Å². The van der Waals surface area contributed by atoms with Gasteiger partial charge in [0.2, 0.25) is 5.95 Å². The van der Waals surface area contributed by atoms with E-state index in [0.29, 0.717) is 21.1 Å². The highest BCUT2D eigenvalue weighted by Crippen LogP contribution is 2.30. The summed E-state index contributed by atoms with van der Waals surface area (Å²) in [5.41, 5.74) is -0.439. The van der Waals surface area contributed by atoms with Crippen LogP contribution in [0.4, 0.5) is 19.1 Å². The summed E-state index contributed by atoms with van der Waals surface area (Å²) in [6.45, 7) is 1.73. The lowest BCUT2D eigenvalue weighted by Gasteiger charge is -2.08. The van der Waals surface area contributed by atoms with Crippen LogP contribution in [0.25, 0.3) is 5.65 Å². The summed E-state index contributed by atoms with van der Waals surface area (Å²) in [6.07, 6.45) is -3.27. The summed E-state index contributed by atoms with van der Waals surface area (Å²) in [5, 5.41) is 11.1. The fourth-order valence-electron chi connectivity index (χ4n) is 2.83. The van der Waals surface area contributed by atoms with Crippen molar-refractivity contribution in [2.75, 3.05) is 5.32 Å². The third-order valence-corrected chi connectivity index (χ3v) is 4.91. The molecule has 4 rings (SSSR count). The molecule has 8 nitrogen and oxygen atoms in total. The van der Waals surface area contributed by atoms with Gasteiger partial charge in [0.05, 0.1) is 16.6 Å². The molecule has 0 radical (unpaired) electrons. The van der Waals surface area contributed by atoms with E-state index < -0.39 is 17.8 Å². The van der Waals surface area contributed by atoms with Gasteiger partial charge in [-0.3, -0.25) is 10.1 Å². The first-order valence-corrected chi connectivity index (χ1v) is 9.45. The quantitative estimate of drug-likeness (QED) is 0.482. The molecule has 0 atom stereocenters. The number of rotatable bonds is 4. The third-order valence-electron chi connectivity index (χ3n) is 4.17. The first-order valence-electron chi connectivity index (χ1n) is 8.69. The van der Waals surface area contributed by atoms with Crippen LogP contribution in [-0.2, 0) is 12.7 Å². The molecule has 0 bridgehead atoms. The topological polar surface area (TPSA) is 90.0 Å². The molecule has 0 fully saturated rings. The number of nitrogens with one attached hydrogen (secondary N) is 1. The normalized spacial score (nSPS) is 11.8. The number of benzene rings is 1. The Kier molecular flexibility index (Phi) is 5.31. The monoisotopic (exact) mass is 469 g/mol. The molecule has 0 aliphatic carbocycles. The minimum atomic E-state index is -4.66. The largest absolute Gasteiger partial charge is 0.433 e. The van der Waals surface area contributed by atoms with Crippen molar-refractivity contribution >= 4 is 40.7 Å². The van der Waals surface area contributed by atoms with Crippen LogP contribution < -0.4 is 5.32 Å². The Morgan fingerprint density at radius 1 is 1.13 bits per heavy atom. The first-order chi connectivity index (χ1) is 14.6. The van der Waals surface area contributed by atoms with Gasteiger partial charge < -0.3 is 0 Å². The summed E-state index contributed by atoms with van der Waals surface area (Å²) in [4.78, 5) is 20.4. The summed E-state index contributed by atoms with van der Waals surface area (Å²) >= 11 is 11.9. The number of nitrogens with zero attached hydrogens (tertiary/aromatic N) is 6. The van der Waals surface area contributed by atoms with Crippen molar-refractivity contribution in [1.82, 2.24) is 29.4 Å². The SMILES string of the molecule is Cc1cc(C(F)(F)F)n2nc(C(=O)Nc3ncn(Cc4ccc(Cl)c(Cl)c4)n3)cc2n1. The van der Waals surface area contributed by atoms with Crippen LogP contribution in [0.2, 0.25) is 10.0 Å². The second-order valence-electron chi connectivity index (χ2n) is 6.55. The van der Waals surface area contributed by atoms with Gasteiger partial charge in [0, 0.05) is 11.8 Å². The standard InChI is InChI=1S/C18H12Cl2F3N7O/c1-9-4-14(18(21,22)23)30-15(25-9)6-13(27-30)16(31)26-17-24-8-29(28-17)7-10-2-3-11(19)12(20)5-10/h2-6,8H,7H2,1H3,(H,26,28,31). The van der Waals surface area contributed by atoms with E-state index in [2.05, 4.69) is 25.5 Å². The lowest BCUT2D eigenvalue weighted by molar-refractivity contribution is -0.142. The maximum Gasteiger partial charge on any atom is 0.433 e. The molecule has 3 aromatic heterocycles. The summed E-state index contributed by atoms with van der Waals surface area (Å²) in [5.74, 6) is -0.814. The molecule has 3 heterocycles. The maximum atomic E-state index is 13.3. The molecule has 31 heavy (non-hydrogen) atoms. The predicted octanol–water partition coefficient (Wildman–Crippen LogP) is 4.26. The van der Waals surface area contributed by atoms with Gasteiger partial charge in [-0.1, -0.05) is 29.3 Å². The zero-order valence-electron chi connectivity index (χ0n) is 15.7. The molecular weight excluding hydrogens is 458 g/mol. The number of amides is 1. The number of hydrogen-bond acceptors (Lipinski definition) is 5. The number of halogens is 5. The van der Waals surface area contributed by atoms with E-state index in [4.69, 9.17) is 23.2 Å². The lowest BCUT2D eigenvalue weighted by Crippen LogP contribution is -2.16. The average molecular weight is 470 g/mol. The van der Waals surface area contributed by atoms with Gasteiger partial charge in [0.15, 0.2) is 11.3 Å². The molecule has 0 spiro atoms. The molecule has 4 aromatic rings. The maximum absolute atomic E-state index is 13.3. The highest BCUT2D eigenvalue weighted by Gasteiger charge is 2.35. The summed E-state index contributed by atoms with van der Waals surface area (Å²) in [6, 6.07) is 7.09. The molecule has 1 amide bonds. The van der Waals surface area contributed by atoms with Gasteiger partial charge in [0.25, 0.3) is 5.91 Å². The number of carbonyl (C=O) groups is 1. The van der Waals surface area contributed by atoms with Crippen molar-refractivity contribution in [2.45, 2.75) is 19.6 Å². The molecule has 1 N–H and O–H groups in total. The molecule has 160 valence electrons. The summed E-state index contributed by atoms with van der Waals surface area (Å²) in [7, 11) is 0. The number of fused-ring (bicyclic) bond motifs is 1. The molecule has 0 saturated carbocycles. The molecule has 0 aliphatic rings. The van der Waals surface area contributed by atoms with Crippen molar-refractivity contribution in [3.05, 3.63) is 69.3 Å². The van der Waals surface area contributed by atoms with Crippen LogP contribution in [-0.4, -0.2) is 35.3 Å². The fraction of sp³-hybridized carbons (Fsp3) is 0.167. The van der Waals surface area contributed by atoms with Crippen LogP contribution in [0.15, 0.2) is 36.7 Å². The van der Waals surface area contributed by atoms with Crippen molar-refractivity contribution in [1.29, 1.82) is 0 Å². The molecule has 0 aliphatic heterocycles. The van der Waals surface area contributed by atoms with Crippen LogP contribution in [0.5, 0.6) is 0 Å². The van der Waals surface area contributed by atoms with Gasteiger partial charge in [-0.2, -0.15) is 18.3 Å². The predicted molar refractivity (Wildman–Crippen MR) is 106 cm³/mol. The van der Waals surface area contributed by atoms with Crippen molar-refractivity contribution in [2.24, 2.45) is 0 Å². The second kappa shape index (κ2) is 7.82. The van der Waals surface area contributed by atoms with Crippen LogP contribution >= 0.6 is 23.2 Å². The number of carbonyl (C=O) groups excluding carboxylic acids is 1. The van der Waals surface area contributed by atoms with E-state index in [1.807, 2.05) is 0 Å². The number of hydrogen-bond donors (Lipinski definition) is 1. The Bertz CT molecular complexity index is 1300. The Balaban J connectivity index is 1.53. The van der Waals surface area contributed by atoms with Crippen LogP contribution in [0.3, 0.4) is 0 Å². The van der Waals surface area contributed by atoms with E-state index in [1.54, 1.807) is 18.2 Å². The Labute approximate surface area is 182 Å². The van der Waals surface area contributed by atoms with Gasteiger partial charge in [0.1, 0.15) is 12.0 Å². The zero-order valence-corrected chi connectivity index (χ0v) is 17.2. The van der Waals surface area contributed by atoms with Crippen LogP contribution in [0, 0.1) is 6.92 Å². The fourth-order valence-corrected chi connectivity index (χ4v) is 3.15. The van der Waals surface area contributed by atoms with Crippen molar-refractivity contribution in [3.63, 3.8) is 0 Å². The van der Waals surface area contributed by atoms with E-state index in [-0.39, 0.29) is 23.0 Å². The average Bonchev–Trinajstić information content (AvgIpc) is 3.30. The Morgan fingerprint density at radius 2 is 1.90 bits per heavy atom. The molecule has 0 saturated heterocycles. The van der Waals surface area contributed by atoms with E-state index in [0.717, 1.165) is 17.7 Å².